The van der Waals surface area contributed by atoms with Crippen molar-refractivity contribution in [3.63, 3.8) is 0 Å². The number of carboxylic acids is 2. The maximum atomic E-state index is 11.6. The monoisotopic (exact) mass is 320 g/mol. The van der Waals surface area contributed by atoms with Crippen molar-refractivity contribution in [2.45, 2.75) is 12.5 Å². The highest BCUT2D eigenvalue weighted by Crippen LogP contribution is 2.29. The van der Waals surface area contributed by atoms with Gasteiger partial charge in [-0.3, -0.25) is 4.79 Å². The maximum absolute atomic E-state index is 11.6. The highest BCUT2D eigenvalue weighted by atomic mass is 35.5. The van der Waals surface area contributed by atoms with Crippen LogP contribution in [0, 0.1) is 0 Å². The van der Waals surface area contributed by atoms with E-state index in [9.17, 15) is 14.4 Å². The van der Waals surface area contributed by atoms with Crippen molar-refractivity contribution in [1.29, 1.82) is 0 Å². The van der Waals surface area contributed by atoms with Gasteiger partial charge in [0, 0.05) is 0 Å². The minimum absolute atomic E-state index is 0.0921. The summed E-state index contributed by atoms with van der Waals surface area (Å²) in [6, 6.07) is 2.06. The molecule has 0 saturated heterocycles. The van der Waals surface area contributed by atoms with Crippen LogP contribution in [0.1, 0.15) is 6.42 Å². The molecule has 1 aromatic carbocycles. The Kier molecular flexibility index (Phi) is 5.60. The van der Waals surface area contributed by atoms with E-state index in [1.807, 2.05) is 5.32 Å². The first-order valence-electron chi connectivity index (χ1n) is 5.27. The zero-order valence-electron chi connectivity index (χ0n) is 9.89. The van der Waals surface area contributed by atoms with Gasteiger partial charge < -0.3 is 20.8 Å². The summed E-state index contributed by atoms with van der Waals surface area (Å²) in [5.74, 6) is -2.81. The van der Waals surface area contributed by atoms with E-state index in [-0.39, 0.29) is 15.7 Å². The number of rotatable bonds is 5. The van der Waals surface area contributed by atoms with Crippen molar-refractivity contribution >= 4 is 46.9 Å². The number of nitrogens with one attached hydrogen (secondary N) is 2. The molecule has 0 fully saturated rings. The topological polar surface area (TPSA) is 116 Å². The van der Waals surface area contributed by atoms with Crippen molar-refractivity contribution in [3.8, 4) is 0 Å². The highest BCUT2D eigenvalue weighted by molar-refractivity contribution is 6.43. The van der Waals surface area contributed by atoms with E-state index in [1.54, 1.807) is 0 Å². The molecule has 7 nitrogen and oxygen atoms in total. The van der Waals surface area contributed by atoms with Crippen LogP contribution < -0.4 is 10.6 Å². The minimum atomic E-state index is -1.55. The third-order valence-electron chi connectivity index (χ3n) is 2.18. The van der Waals surface area contributed by atoms with E-state index >= 15 is 0 Å². The van der Waals surface area contributed by atoms with E-state index in [2.05, 4.69) is 5.32 Å². The van der Waals surface area contributed by atoms with Gasteiger partial charge in [-0.15, -0.1) is 0 Å². The fourth-order valence-electron chi connectivity index (χ4n) is 1.29. The normalized spacial score (nSPS) is 11.5. The van der Waals surface area contributed by atoms with Crippen LogP contribution in [-0.4, -0.2) is 34.2 Å². The molecule has 9 heteroatoms. The standard InChI is InChI=1S/C11H10Cl2N2O5/c12-5-2-1-3-6(9(5)13)14-11(20)15-7(10(18)19)4-8(16)17/h1-3,7H,4H2,(H,16,17)(H,18,19)(H2,14,15,20)/t7-/m1/s1. The molecule has 0 bridgehead atoms. The largest absolute Gasteiger partial charge is 0.481 e. The number of benzene rings is 1. The molecule has 0 aromatic heterocycles. The summed E-state index contributed by atoms with van der Waals surface area (Å²) in [5, 5.41) is 21.9. The fourth-order valence-corrected chi connectivity index (χ4v) is 1.64. The predicted molar refractivity (Wildman–Crippen MR) is 72.3 cm³/mol. The van der Waals surface area contributed by atoms with E-state index in [4.69, 9.17) is 33.4 Å². The van der Waals surface area contributed by atoms with Crippen LogP contribution in [0.4, 0.5) is 10.5 Å². The highest BCUT2D eigenvalue weighted by Gasteiger charge is 2.23. The average molecular weight is 321 g/mol. The van der Waals surface area contributed by atoms with Crippen molar-refractivity contribution in [2.24, 2.45) is 0 Å². The molecule has 0 unspecified atom stereocenters. The van der Waals surface area contributed by atoms with E-state index in [1.165, 1.54) is 18.2 Å². The van der Waals surface area contributed by atoms with Gasteiger partial charge in [0.1, 0.15) is 6.04 Å². The zero-order valence-corrected chi connectivity index (χ0v) is 11.4. The number of anilines is 1. The molecule has 4 N–H and O–H groups in total. The lowest BCUT2D eigenvalue weighted by atomic mass is 10.2. The molecule has 1 atom stereocenters. The Labute approximate surface area is 123 Å². The van der Waals surface area contributed by atoms with Gasteiger partial charge in [-0.05, 0) is 12.1 Å². The van der Waals surface area contributed by atoms with Crippen molar-refractivity contribution < 1.29 is 24.6 Å². The Balaban J connectivity index is 2.73. The molecule has 0 spiro atoms. The SMILES string of the molecule is O=C(O)C[C@@H](NC(=O)Nc1cccc(Cl)c1Cl)C(=O)O. The second-order valence-corrected chi connectivity index (χ2v) is 4.47. The molecule has 1 rings (SSSR count). The summed E-state index contributed by atoms with van der Waals surface area (Å²) in [7, 11) is 0. The lowest BCUT2D eigenvalue weighted by molar-refractivity contribution is -0.145. The van der Waals surface area contributed by atoms with E-state index in [0.29, 0.717) is 0 Å². The number of urea groups is 1. The first kappa shape index (κ1) is 16.1. The molecule has 2 amide bonds. The number of halogens is 2. The van der Waals surface area contributed by atoms with Gasteiger partial charge in [-0.25, -0.2) is 9.59 Å². The molecular formula is C11H10Cl2N2O5. The predicted octanol–water partition coefficient (Wildman–Crippen LogP) is 2.04. The van der Waals surface area contributed by atoms with Gasteiger partial charge in [0.05, 0.1) is 22.2 Å². The van der Waals surface area contributed by atoms with Crippen LogP contribution >= 0.6 is 23.2 Å². The number of aliphatic carboxylic acids is 2. The summed E-state index contributed by atoms with van der Waals surface area (Å²) in [4.78, 5) is 32.9. The number of carboxylic acid groups (broad SMARTS) is 2. The Hall–Kier alpha value is -1.99. The second kappa shape index (κ2) is 6.97. The van der Waals surface area contributed by atoms with Crippen LogP contribution in [0.2, 0.25) is 10.0 Å². The molecule has 0 radical (unpaired) electrons. The third-order valence-corrected chi connectivity index (χ3v) is 3.00. The quantitative estimate of drug-likeness (QED) is 0.662. The van der Waals surface area contributed by atoms with Crippen molar-refractivity contribution in [1.82, 2.24) is 5.32 Å². The van der Waals surface area contributed by atoms with Crippen LogP contribution in [0.15, 0.2) is 18.2 Å². The van der Waals surface area contributed by atoms with Gasteiger partial charge in [0.25, 0.3) is 0 Å². The summed E-state index contributed by atoms with van der Waals surface area (Å²) >= 11 is 11.6. The Morgan fingerprint density at radius 2 is 1.85 bits per heavy atom. The molecule has 20 heavy (non-hydrogen) atoms. The lowest BCUT2D eigenvalue weighted by Crippen LogP contribution is -2.44. The lowest BCUT2D eigenvalue weighted by Gasteiger charge is -2.14. The van der Waals surface area contributed by atoms with E-state index in [0.717, 1.165) is 0 Å². The van der Waals surface area contributed by atoms with Gasteiger partial charge in [-0.2, -0.15) is 0 Å². The van der Waals surface area contributed by atoms with Crippen LogP contribution in [0.3, 0.4) is 0 Å². The summed E-state index contributed by atoms with van der Waals surface area (Å²) in [5.41, 5.74) is 0.177. The smallest absolute Gasteiger partial charge is 0.326 e. The third kappa shape index (κ3) is 4.60. The Morgan fingerprint density at radius 3 is 2.40 bits per heavy atom. The summed E-state index contributed by atoms with van der Waals surface area (Å²) < 4.78 is 0. The molecular weight excluding hydrogens is 311 g/mol. The average Bonchev–Trinajstić information content (AvgIpc) is 2.33. The summed E-state index contributed by atoms with van der Waals surface area (Å²) in [6.07, 6.45) is -0.744. The maximum Gasteiger partial charge on any atom is 0.326 e. The van der Waals surface area contributed by atoms with Gasteiger partial charge in [-0.1, -0.05) is 29.3 Å². The molecule has 0 aliphatic heterocycles. The number of hydrogen-bond acceptors (Lipinski definition) is 3. The Morgan fingerprint density at radius 1 is 1.20 bits per heavy atom. The van der Waals surface area contributed by atoms with Gasteiger partial charge in [0.15, 0.2) is 0 Å². The first-order chi connectivity index (χ1) is 9.31. The van der Waals surface area contributed by atoms with Crippen LogP contribution in [0.25, 0.3) is 0 Å². The van der Waals surface area contributed by atoms with Crippen molar-refractivity contribution in [2.75, 3.05) is 5.32 Å². The molecule has 1 aromatic rings. The molecule has 0 aliphatic carbocycles. The number of hydrogen-bond donors (Lipinski definition) is 4. The number of carbonyl (C=O) groups excluding carboxylic acids is 1. The number of amides is 2. The first-order valence-corrected chi connectivity index (χ1v) is 6.03. The van der Waals surface area contributed by atoms with Gasteiger partial charge >= 0.3 is 18.0 Å². The van der Waals surface area contributed by atoms with Crippen LogP contribution in [-0.2, 0) is 9.59 Å². The minimum Gasteiger partial charge on any atom is -0.481 e. The molecule has 0 heterocycles. The fraction of sp³-hybridized carbons (Fsp3) is 0.182. The molecule has 0 aliphatic rings. The van der Waals surface area contributed by atoms with Gasteiger partial charge in [0.2, 0.25) is 0 Å². The number of carbonyl (C=O) groups is 3. The van der Waals surface area contributed by atoms with E-state index < -0.39 is 30.4 Å². The second-order valence-electron chi connectivity index (χ2n) is 3.69. The van der Waals surface area contributed by atoms with Crippen LogP contribution in [0.5, 0.6) is 0 Å². The molecule has 108 valence electrons. The van der Waals surface area contributed by atoms with Crippen molar-refractivity contribution in [3.05, 3.63) is 28.2 Å². The molecule has 0 saturated carbocycles. The Bertz CT molecular complexity index is 550. The summed E-state index contributed by atoms with van der Waals surface area (Å²) in [6.45, 7) is 0. The zero-order chi connectivity index (χ0) is 15.3.